The van der Waals surface area contributed by atoms with Gasteiger partial charge >= 0.3 is 0 Å². The minimum absolute atomic E-state index is 0.630. The lowest BCUT2D eigenvalue weighted by Gasteiger charge is -2.26. The van der Waals surface area contributed by atoms with Crippen LogP contribution in [-0.4, -0.2) is 43.0 Å². The van der Waals surface area contributed by atoms with Gasteiger partial charge < -0.3 is 9.30 Å². The molecule has 0 radical (unpaired) electrons. The summed E-state index contributed by atoms with van der Waals surface area (Å²) in [6.07, 6.45) is 2.54. The average Bonchev–Trinajstić information content (AvgIpc) is 3.10. The van der Waals surface area contributed by atoms with E-state index in [1.54, 1.807) is 0 Å². The third-order valence-electron chi connectivity index (χ3n) is 3.88. The summed E-state index contributed by atoms with van der Waals surface area (Å²) in [4.78, 5) is 2.34. The molecule has 2 aliphatic rings. The summed E-state index contributed by atoms with van der Waals surface area (Å²) in [6, 6.07) is 0. The molecule has 0 N–H and O–H groups in total. The molecule has 0 aromatic carbocycles. The molecular weight excluding hydrogens is 288 g/mol. The SMILES string of the molecule is CCOc1nnc(CN2CCn3c(nnc3C3CC3)C2)s1. The van der Waals surface area contributed by atoms with Crippen molar-refractivity contribution in [3.05, 3.63) is 16.7 Å². The van der Waals surface area contributed by atoms with E-state index in [1.165, 1.54) is 30.0 Å². The Labute approximate surface area is 127 Å². The number of fused-ring (bicyclic) bond motifs is 1. The van der Waals surface area contributed by atoms with Gasteiger partial charge in [-0.3, -0.25) is 4.90 Å². The lowest BCUT2D eigenvalue weighted by molar-refractivity contribution is 0.206. The van der Waals surface area contributed by atoms with Gasteiger partial charge in [0.15, 0.2) is 0 Å². The van der Waals surface area contributed by atoms with Crippen molar-refractivity contribution in [3.8, 4) is 5.19 Å². The van der Waals surface area contributed by atoms with E-state index in [1.807, 2.05) is 6.92 Å². The first-order valence-electron chi connectivity index (χ1n) is 7.43. The highest BCUT2D eigenvalue weighted by Gasteiger charge is 2.32. The number of hydrogen-bond acceptors (Lipinski definition) is 7. The summed E-state index contributed by atoms with van der Waals surface area (Å²) >= 11 is 1.52. The maximum atomic E-state index is 5.37. The number of rotatable bonds is 5. The molecule has 1 saturated carbocycles. The van der Waals surface area contributed by atoms with Crippen LogP contribution in [-0.2, 0) is 19.6 Å². The Morgan fingerprint density at radius 2 is 2.10 bits per heavy atom. The highest BCUT2D eigenvalue weighted by molar-refractivity contribution is 7.13. The van der Waals surface area contributed by atoms with Gasteiger partial charge in [-0.2, -0.15) is 0 Å². The highest BCUT2D eigenvalue weighted by atomic mass is 32.1. The van der Waals surface area contributed by atoms with Crippen molar-refractivity contribution in [2.75, 3.05) is 13.2 Å². The fraction of sp³-hybridized carbons (Fsp3) is 0.692. The first kappa shape index (κ1) is 13.1. The number of nitrogens with zero attached hydrogens (tertiary/aromatic N) is 6. The van der Waals surface area contributed by atoms with Crippen molar-refractivity contribution in [2.45, 2.75) is 45.3 Å². The molecule has 3 heterocycles. The summed E-state index contributed by atoms with van der Waals surface area (Å²) in [5, 5.41) is 18.6. The summed E-state index contributed by atoms with van der Waals surface area (Å²) < 4.78 is 7.67. The Kier molecular flexibility index (Phi) is 3.34. The van der Waals surface area contributed by atoms with Gasteiger partial charge in [-0.05, 0) is 19.8 Å². The van der Waals surface area contributed by atoms with Crippen molar-refractivity contribution in [1.29, 1.82) is 0 Å². The molecule has 21 heavy (non-hydrogen) atoms. The summed E-state index contributed by atoms with van der Waals surface area (Å²) in [5.74, 6) is 2.94. The number of aromatic nitrogens is 5. The summed E-state index contributed by atoms with van der Waals surface area (Å²) in [5.41, 5.74) is 0. The normalized spacial score (nSPS) is 18.7. The molecule has 0 spiro atoms. The molecule has 0 unspecified atom stereocenters. The van der Waals surface area contributed by atoms with E-state index in [2.05, 4.69) is 29.9 Å². The molecular formula is C13H18N6OS. The fourth-order valence-corrected chi connectivity index (χ4v) is 3.47. The van der Waals surface area contributed by atoms with Gasteiger partial charge in [0.05, 0.1) is 19.7 Å². The van der Waals surface area contributed by atoms with Crippen LogP contribution in [0.15, 0.2) is 0 Å². The zero-order chi connectivity index (χ0) is 14.2. The monoisotopic (exact) mass is 306 g/mol. The third-order valence-corrected chi connectivity index (χ3v) is 4.70. The van der Waals surface area contributed by atoms with E-state index >= 15 is 0 Å². The predicted octanol–water partition coefficient (Wildman–Crippen LogP) is 1.42. The standard InChI is InChI=1S/C13H18N6OS/c1-2-20-13-17-15-11(21-13)8-18-5-6-19-10(7-18)14-16-12(19)9-3-4-9/h9H,2-8H2,1H3. The van der Waals surface area contributed by atoms with Crippen LogP contribution in [0.2, 0.25) is 0 Å². The minimum Gasteiger partial charge on any atom is -0.469 e. The number of ether oxygens (including phenoxy) is 1. The Balaban J connectivity index is 1.43. The molecule has 8 heteroatoms. The second kappa shape index (κ2) is 5.34. The molecule has 0 amide bonds. The van der Waals surface area contributed by atoms with Crippen molar-refractivity contribution < 1.29 is 4.74 Å². The molecule has 2 aromatic rings. The molecule has 4 rings (SSSR count). The van der Waals surface area contributed by atoms with Crippen LogP contribution in [0.4, 0.5) is 0 Å². The first-order chi connectivity index (χ1) is 10.3. The molecule has 0 bridgehead atoms. The molecule has 1 aliphatic heterocycles. The van der Waals surface area contributed by atoms with Crippen LogP contribution >= 0.6 is 11.3 Å². The Morgan fingerprint density at radius 3 is 2.90 bits per heavy atom. The van der Waals surface area contributed by atoms with Crippen molar-refractivity contribution in [1.82, 2.24) is 29.9 Å². The van der Waals surface area contributed by atoms with Gasteiger partial charge in [0, 0.05) is 19.0 Å². The summed E-state index contributed by atoms with van der Waals surface area (Å²) in [6.45, 7) is 6.21. The second-order valence-corrected chi connectivity index (χ2v) is 6.53. The van der Waals surface area contributed by atoms with Gasteiger partial charge in [-0.15, -0.1) is 20.4 Å². The van der Waals surface area contributed by atoms with Crippen molar-refractivity contribution >= 4 is 11.3 Å². The highest BCUT2D eigenvalue weighted by Crippen LogP contribution is 2.39. The van der Waals surface area contributed by atoms with Gasteiger partial charge in [0.25, 0.3) is 5.19 Å². The molecule has 1 aliphatic carbocycles. The third kappa shape index (κ3) is 2.65. The first-order valence-corrected chi connectivity index (χ1v) is 8.24. The second-order valence-electron chi connectivity index (χ2n) is 5.51. The topological polar surface area (TPSA) is 69.0 Å². The quantitative estimate of drug-likeness (QED) is 0.832. The van der Waals surface area contributed by atoms with E-state index in [0.717, 1.165) is 37.0 Å². The van der Waals surface area contributed by atoms with E-state index in [-0.39, 0.29) is 0 Å². The maximum absolute atomic E-state index is 5.37. The van der Waals surface area contributed by atoms with Crippen molar-refractivity contribution in [3.63, 3.8) is 0 Å². The molecule has 7 nitrogen and oxygen atoms in total. The van der Waals surface area contributed by atoms with E-state index in [0.29, 0.717) is 17.7 Å². The summed E-state index contributed by atoms with van der Waals surface area (Å²) in [7, 11) is 0. The van der Waals surface area contributed by atoms with Crippen LogP contribution in [0.25, 0.3) is 0 Å². The number of hydrogen-bond donors (Lipinski definition) is 0. The lowest BCUT2D eigenvalue weighted by Crippen LogP contribution is -2.33. The van der Waals surface area contributed by atoms with Crippen LogP contribution in [0, 0.1) is 0 Å². The van der Waals surface area contributed by atoms with E-state index < -0.39 is 0 Å². The average molecular weight is 306 g/mol. The molecule has 2 aromatic heterocycles. The largest absolute Gasteiger partial charge is 0.469 e. The Hall–Kier alpha value is -1.54. The zero-order valence-electron chi connectivity index (χ0n) is 12.0. The van der Waals surface area contributed by atoms with Gasteiger partial charge in [0.1, 0.15) is 16.7 Å². The van der Waals surface area contributed by atoms with E-state index in [9.17, 15) is 0 Å². The fourth-order valence-electron chi connectivity index (χ4n) is 2.68. The Morgan fingerprint density at radius 1 is 1.19 bits per heavy atom. The van der Waals surface area contributed by atoms with E-state index in [4.69, 9.17) is 4.74 Å². The van der Waals surface area contributed by atoms with Crippen LogP contribution in [0.5, 0.6) is 5.19 Å². The smallest absolute Gasteiger partial charge is 0.294 e. The van der Waals surface area contributed by atoms with Crippen LogP contribution in [0.1, 0.15) is 42.3 Å². The molecule has 0 saturated heterocycles. The van der Waals surface area contributed by atoms with Crippen LogP contribution < -0.4 is 4.74 Å². The lowest BCUT2D eigenvalue weighted by atomic mass is 10.3. The molecule has 0 atom stereocenters. The van der Waals surface area contributed by atoms with Crippen molar-refractivity contribution in [2.24, 2.45) is 0 Å². The zero-order valence-corrected chi connectivity index (χ0v) is 12.8. The molecule has 112 valence electrons. The predicted molar refractivity (Wildman–Crippen MR) is 77.2 cm³/mol. The van der Waals surface area contributed by atoms with Gasteiger partial charge in [-0.25, -0.2) is 0 Å². The maximum Gasteiger partial charge on any atom is 0.294 e. The van der Waals surface area contributed by atoms with Crippen LogP contribution in [0.3, 0.4) is 0 Å². The Bertz CT molecular complexity index is 634. The van der Waals surface area contributed by atoms with Gasteiger partial charge in [-0.1, -0.05) is 11.3 Å². The van der Waals surface area contributed by atoms with Gasteiger partial charge in [0.2, 0.25) is 0 Å². The molecule has 1 fully saturated rings. The minimum atomic E-state index is 0.630.